The number of nitrogens with zero attached hydrogens (tertiary/aromatic N) is 4. The van der Waals surface area contributed by atoms with Gasteiger partial charge in [0.05, 0.1) is 23.3 Å². The number of hydrogen-bond donors (Lipinski definition) is 2. The second kappa shape index (κ2) is 6.90. The third-order valence-corrected chi connectivity index (χ3v) is 6.42. The Morgan fingerprint density at radius 1 is 1.23 bits per heavy atom. The van der Waals surface area contributed by atoms with Crippen molar-refractivity contribution in [3.63, 3.8) is 0 Å². The van der Waals surface area contributed by atoms with Gasteiger partial charge in [-0.1, -0.05) is 12.1 Å². The molecule has 9 heteroatoms. The highest BCUT2D eigenvalue weighted by Gasteiger charge is 2.53. The lowest BCUT2D eigenvalue weighted by Crippen LogP contribution is -2.51. The Balaban J connectivity index is 1.43. The zero-order valence-electron chi connectivity index (χ0n) is 17.0. The quantitative estimate of drug-likeness (QED) is 0.669. The minimum absolute atomic E-state index is 0.184. The van der Waals surface area contributed by atoms with Crippen LogP contribution >= 0.6 is 0 Å². The molecule has 0 saturated carbocycles. The third kappa shape index (κ3) is 2.88. The predicted molar refractivity (Wildman–Crippen MR) is 112 cm³/mol. The number of nitrogens with one attached hydrogen (secondary N) is 1. The number of hydrogen-bond acceptors (Lipinski definition) is 5. The number of carbonyl (C=O) groups excluding carboxylic acids is 2. The van der Waals surface area contributed by atoms with E-state index in [1.807, 2.05) is 19.1 Å². The Kier molecular flexibility index (Phi) is 4.28. The van der Waals surface area contributed by atoms with Crippen molar-refractivity contribution < 1.29 is 19.5 Å². The summed E-state index contributed by atoms with van der Waals surface area (Å²) in [4.78, 5) is 45.2. The molecular weight excluding hydrogens is 398 g/mol. The Labute approximate surface area is 177 Å². The number of aromatic amines is 1. The van der Waals surface area contributed by atoms with Crippen molar-refractivity contribution in [3.05, 3.63) is 53.5 Å². The number of carboxylic acid groups (broad SMARTS) is 1. The number of carboxylic acids is 1. The number of H-pyrrole nitrogens is 1. The SMILES string of the molecule is Cc1cccc2c1C1(CCN(C(=O)c3cc4cn[nH]c4cn3)CC1)C(=O)N2CC(=O)O. The number of likely N-dealkylation sites (tertiary alicyclic amines) is 1. The summed E-state index contributed by atoms with van der Waals surface area (Å²) in [5.74, 6) is -1.42. The predicted octanol–water partition coefficient (Wildman–Crippen LogP) is 1.87. The van der Waals surface area contributed by atoms with Crippen LogP contribution in [0.4, 0.5) is 5.69 Å². The third-order valence-electron chi connectivity index (χ3n) is 6.42. The van der Waals surface area contributed by atoms with Crippen molar-refractivity contribution in [3.8, 4) is 0 Å². The number of pyridine rings is 1. The zero-order chi connectivity index (χ0) is 21.8. The van der Waals surface area contributed by atoms with E-state index in [0.717, 1.165) is 22.0 Å². The fourth-order valence-electron chi connectivity index (χ4n) is 4.94. The molecule has 1 aromatic carbocycles. The summed E-state index contributed by atoms with van der Waals surface area (Å²) < 4.78 is 0. The van der Waals surface area contributed by atoms with Gasteiger partial charge >= 0.3 is 5.97 Å². The number of benzene rings is 1. The van der Waals surface area contributed by atoms with E-state index >= 15 is 0 Å². The number of fused-ring (bicyclic) bond motifs is 3. The van der Waals surface area contributed by atoms with E-state index in [4.69, 9.17) is 0 Å². The van der Waals surface area contributed by atoms with Crippen molar-refractivity contribution in [1.82, 2.24) is 20.1 Å². The molecule has 4 heterocycles. The highest BCUT2D eigenvalue weighted by molar-refractivity contribution is 6.11. The number of amides is 2. The number of aliphatic carboxylic acids is 1. The molecule has 1 fully saturated rings. The number of aromatic nitrogens is 3. The van der Waals surface area contributed by atoms with E-state index in [2.05, 4.69) is 15.2 Å². The molecular formula is C22H21N5O4. The number of carbonyl (C=O) groups is 3. The first-order chi connectivity index (χ1) is 14.9. The number of aryl methyl sites for hydroxylation is 1. The van der Waals surface area contributed by atoms with Gasteiger partial charge in [-0.25, -0.2) is 4.98 Å². The molecule has 2 amide bonds. The summed E-state index contributed by atoms with van der Waals surface area (Å²) in [6.45, 7) is 2.36. The van der Waals surface area contributed by atoms with Crippen LogP contribution in [0.25, 0.3) is 10.9 Å². The first-order valence-corrected chi connectivity index (χ1v) is 10.1. The van der Waals surface area contributed by atoms with Gasteiger partial charge < -0.3 is 14.9 Å². The molecule has 2 N–H and O–H groups in total. The van der Waals surface area contributed by atoms with Crippen LogP contribution in [0.5, 0.6) is 0 Å². The van der Waals surface area contributed by atoms with Crippen LogP contribution < -0.4 is 4.90 Å². The van der Waals surface area contributed by atoms with Crippen LogP contribution in [0.1, 0.15) is 34.5 Å². The average molecular weight is 419 g/mol. The van der Waals surface area contributed by atoms with Gasteiger partial charge in [-0.05, 0) is 43.0 Å². The molecule has 1 saturated heterocycles. The first kappa shape index (κ1) is 19.2. The van der Waals surface area contributed by atoms with Gasteiger partial charge in [-0.2, -0.15) is 5.10 Å². The minimum Gasteiger partial charge on any atom is -0.480 e. The Bertz CT molecular complexity index is 1230. The van der Waals surface area contributed by atoms with Crippen molar-refractivity contribution in [1.29, 1.82) is 0 Å². The van der Waals surface area contributed by atoms with Gasteiger partial charge in [0.2, 0.25) is 5.91 Å². The number of anilines is 1. The van der Waals surface area contributed by atoms with Gasteiger partial charge in [0, 0.05) is 24.2 Å². The molecule has 0 radical (unpaired) electrons. The number of piperidine rings is 1. The lowest BCUT2D eigenvalue weighted by Gasteiger charge is -2.38. The summed E-state index contributed by atoms with van der Waals surface area (Å²) in [6.07, 6.45) is 4.12. The molecule has 9 nitrogen and oxygen atoms in total. The van der Waals surface area contributed by atoms with Gasteiger partial charge in [0.1, 0.15) is 12.2 Å². The van der Waals surface area contributed by atoms with Crippen molar-refractivity contribution in [2.24, 2.45) is 0 Å². The fraction of sp³-hybridized carbons (Fsp3) is 0.318. The lowest BCUT2D eigenvalue weighted by molar-refractivity contribution is -0.137. The van der Waals surface area contributed by atoms with E-state index < -0.39 is 11.4 Å². The van der Waals surface area contributed by atoms with Crippen molar-refractivity contribution in [2.75, 3.05) is 24.5 Å². The molecule has 0 unspecified atom stereocenters. The molecule has 2 aliphatic heterocycles. The maximum Gasteiger partial charge on any atom is 0.323 e. The second-order valence-corrected chi connectivity index (χ2v) is 8.16. The molecule has 5 rings (SSSR count). The summed E-state index contributed by atoms with van der Waals surface area (Å²) in [6, 6.07) is 7.30. The highest BCUT2D eigenvalue weighted by Crippen LogP contribution is 2.49. The van der Waals surface area contributed by atoms with Crippen molar-refractivity contribution in [2.45, 2.75) is 25.2 Å². The Hall–Kier alpha value is -3.75. The van der Waals surface area contributed by atoms with Gasteiger partial charge in [-0.3, -0.25) is 19.5 Å². The van der Waals surface area contributed by atoms with Gasteiger partial charge in [0.15, 0.2) is 0 Å². The monoisotopic (exact) mass is 419 g/mol. The van der Waals surface area contributed by atoms with Crippen LogP contribution in [0.3, 0.4) is 0 Å². The smallest absolute Gasteiger partial charge is 0.323 e. The molecule has 2 aromatic heterocycles. The van der Waals surface area contributed by atoms with Crippen LogP contribution in [-0.4, -0.2) is 62.6 Å². The number of rotatable bonds is 3. The zero-order valence-corrected chi connectivity index (χ0v) is 17.0. The molecule has 2 aliphatic rings. The standard InChI is InChI=1S/C22H21N5O4/c1-13-3-2-4-17-19(13)22(21(31)27(17)12-18(28)29)5-7-26(8-6-22)20(30)15-9-14-10-24-25-16(14)11-23-15/h2-4,9-11H,5-8,12H2,1H3,(H,24,25)(H,28,29). The fourth-order valence-corrected chi connectivity index (χ4v) is 4.94. The summed E-state index contributed by atoms with van der Waals surface area (Å²) in [5, 5.41) is 16.9. The molecule has 0 aliphatic carbocycles. The topological polar surface area (TPSA) is 119 Å². The second-order valence-electron chi connectivity index (χ2n) is 8.16. The average Bonchev–Trinajstić information content (AvgIpc) is 3.31. The van der Waals surface area contributed by atoms with Crippen LogP contribution in [0, 0.1) is 6.92 Å². The Morgan fingerprint density at radius 2 is 2.00 bits per heavy atom. The van der Waals surface area contributed by atoms with E-state index in [1.54, 1.807) is 29.4 Å². The molecule has 1 spiro atoms. The maximum atomic E-state index is 13.4. The van der Waals surface area contributed by atoms with Crippen LogP contribution in [-0.2, 0) is 15.0 Å². The molecule has 31 heavy (non-hydrogen) atoms. The normalized spacial score (nSPS) is 17.4. The van der Waals surface area contributed by atoms with Gasteiger partial charge in [0.25, 0.3) is 5.91 Å². The van der Waals surface area contributed by atoms with Gasteiger partial charge in [-0.15, -0.1) is 0 Å². The maximum absolute atomic E-state index is 13.4. The highest BCUT2D eigenvalue weighted by atomic mass is 16.4. The summed E-state index contributed by atoms with van der Waals surface area (Å²) in [7, 11) is 0. The minimum atomic E-state index is -1.05. The first-order valence-electron chi connectivity index (χ1n) is 10.1. The Morgan fingerprint density at radius 3 is 2.74 bits per heavy atom. The molecule has 158 valence electrons. The lowest BCUT2D eigenvalue weighted by atomic mass is 9.72. The van der Waals surface area contributed by atoms with E-state index in [9.17, 15) is 19.5 Å². The van der Waals surface area contributed by atoms with Crippen LogP contribution in [0.15, 0.2) is 36.7 Å². The summed E-state index contributed by atoms with van der Waals surface area (Å²) >= 11 is 0. The largest absolute Gasteiger partial charge is 0.480 e. The van der Waals surface area contributed by atoms with E-state index in [0.29, 0.717) is 37.3 Å². The molecule has 0 bridgehead atoms. The molecule has 3 aromatic rings. The van der Waals surface area contributed by atoms with E-state index in [1.165, 1.54) is 4.90 Å². The molecule has 0 atom stereocenters. The van der Waals surface area contributed by atoms with E-state index in [-0.39, 0.29) is 18.4 Å². The van der Waals surface area contributed by atoms with Crippen molar-refractivity contribution >= 4 is 34.4 Å². The summed E-state index contributed by atoms with van der Waals surface area (Å²) in [5.41, 5.74) is 2.83. The van der Waals surface area contributed by atoms with Crippen LogP contribution in [0.2, 0.25) is 0 Å².